The van der Waals surface area contributed by atoms with Gasteiger partial charge in [-0.1, -0.05) is 19.3 Å². The van der Waals surface area contributed by atoms with E-state index in [0.29, 0.717) is 18.4 Å². The van der Waals surface area contributed by atoms with Crippen LogP contribution in [-0.2, 0) is 4.79 Å². The van der Waals surface area contributed by atoms with Gasteiger partial charge in [-0.25, -0.2) is 0 Å². The number of rotatable bonds is 2. The lowest BCUT2D eigenvalue weighted by Gasteiger charge is -2.39. The van der Waals surface area contributed by atoms with Crippen molar-refractivity contribution in [2.45, 2.75) is 75.8 Å². The Morgan fingerprint density at radius 2 is 1.83 bits per heavy atom. The molecular weight excluding hydrogens is 224 g/mol. The smallest absolute Gasteiger partial charge is 0.224 e. The zero-order valence-electron chi connectivity index (χ0n) is 11.4. The second-order valence-electron chi connectivity index (χ2n) is 6.73. The standard InChI is InChI=1S/C15H26N2O/c16-15(8-1-2-9-15)11-14(18)17-10-4-6-12-5-3-7-13(12)17/h12-13H,1-11,16H2. The highest BCUT2D eigenvalue weighted by Crippen LogP contribution is 2.38. The highest BCUT2D eigenvalue weighted by atomic mass is 16.2. The second-order valence-corrected chi connectivity index (χ2v) is 6.73. The molecule has 102 valence electrons. The Bertz CT molecular complexity index is 322. The number of fused-ring (bicyclic) bond motifs is 1. The van der Waals surface area contributed by atoms with Crippen LogP contribution in [0.1, 0.15) is 64.2 Å². The van der Waals surface area contributed by atoms with E-state index >= 15 is 0 Å². The van der Waals surface area contributed by atoms with Crippen molar-refractivity contribution in [1.82, 2.24) is 4.90 Å². The van der Waals surface area contributed by atoms with E-state index in [-0.39, 0.29) is 5.54 Å². The quantitative estimate of drug-likeness (QED) is 0.818. The maximum Gasteiger partial charge on any atom is 0.224 e. The van der Waals surface area contributed by atoms with Crippen LogP contribution in [0, 0.1) is 5.92 Å². The largest absolute Gasteiger partial charge is 0.339 e. The molecule has 0 bridgehead atoms. The molecule has 3 rings (SSSR count). The maximum atomic E-state index is 12.5. The predicted octanol–water partition coefficient (Wildman–Crippen LogP) is 2.44. The predicted molar refractivity (Wildman–Crippen MR) is 72.1 cm³/mol. The van der Waals surface area contributed by atoms with Crippen LogP contribution in [0.4, 0.5) is 0 Å². The number of nitrogens with zero attached hydrogens (tertiary/aromatic N) is 1. The first-order chi connectivity index (χ1) is 8.68. The first kappa shape index (κ1) is 12.5. The Hall–Kier alpha value is -0.570. The van der Waals surface area contributed by atoms with Gasteiger partial charge in [-0.2, -0.15) is 0 Å². The van der Waals surface area contributed by atoms with Crippen LogP contribution < -0.4 is 5.73 Å². The summed E-state index contributed by atoms with van der Waals surface area (Å²) in [6, 6.07) is 0.552. The lowest BCUT2D eigenvalue weighted by atomic mass is 9.89. The number of nitrogens with two attached hydrogens (primary N) is 1. The van der Waals surface area contributed by atoms with Crippen LogP contribution in [0.15, 0.2) is 0 Å². The van der Waals surface area contributed by atoms with Gasteiger partial charge in [0.2, 0.25) is 5.91 Å². The topological polar surface area (TPSA) is 46.3 Å². The van der Waals surface area contributed by atoms with Crippen molar-refractivity contribution in [2.75, 3.05) is 6.54 Å². The van der Waals surface area contributed by atoms with Crippen molar-refractivity contribution in [3.05, 3.63) is 0 Å². The van der Waals surface area contributed by atoms with E-state index in [1.54, 1.807) is 0 Å². The minimum Gasteiger partial charge on any atom is -0.339 e. The first-order valence-corrected chi connectivity index (χ1v) is 7.76. The second kappa shape index (κ2) is 4.84. The molecule has 3 nitrogen and oxygen atoms in total. The summed E-state index contributed by atoms with van der Waals surface area (Å²) < 4.78 is 0. The highest BCUT2D eigenvalue weighted by Gasteiger charge is 2.40. The van der Waals surface area contributed by atoms with Gasteiger partial charge in [0.25, 0.3) is 0 Å². The molecule has 18 heavy (non-hydrogen) atoms. The number of carbonyl (C=O) groups excluding carboxylic acids is 1. The van der Waals surface area contributed by atoms with Crippen LogP contribution in [0.3, 0.4) is 0 Å². The zero-order valence-corrected chi connectivity index (χ0v) is 11.4. The summed E-state index contributed by atoms with van der Waals surface area (Å²) in [6.45, 7) is 0.982. The summed E-state index contributed by atoms with van der Waals surface area (Å²) in [5.41, 5.74) is 6.18. The van der Waals surface area contributed by atoms with Gasteiger partial charge in [0.05, 0.1) is 0 Å². The van der Waals surface area contributed by atoms with Crippen LogP contribution >= 0.6 is 0 Å². The lowest BCUT2D eigenvalue weighted by molar-refractivity contribution is -0.137. The van der Waals surface area contributed by atoms with Crippen LogP contribution in [0.2, 0.25) is 0 Å². The van der Waals surface area contributed by atoms with Crippen molar-refractivity contribution in [3.63, 3.8) is 0 Å². The third-order valence-electron chi connectivity index (χ3n) is 5.42. The van der Waals surface area contributed by atoms with E-state index in [1.165, 1.54) is 44.9 Å². The summed E-state index contributed by atoms with van der Waals surface area (Å²) in [6.07, 6.45) is 11.5. The number of piperidine rings is 1. The summed E-state index contributed by atoms with van der Waals surface area (Å²) in [5, 5.41) is 0. The molecule has 0 aromatic heterocycles. The molecular formula is C15H26N2O. The van der Waals surface area contributed by atoms with Crippen molar-refractivity contribution in [3.8, 4) is 0 Å². The summed E-state index contributed by atoms with van der Waals surface area (Å²) in [5.74, 6) is 1.14. The van der Waals surface area contributed by atoms with E-state index in [4.69, 9.17) is 5.73 Å². The van der Waals surface area contributed by atoms with Crippen molar-refractivity contribution in [1.29, 1.82) is 0 Å². The molecule has 1 heterocycles. The molecule has 2 aliphatic carbocycles. The van der Waals surface area contributed by atoms with Gasteiger partial charge in [-0.3, -0.25) is 4.79 Å². The summed E-state index contributed by atoms with van der Waals surface area (Å²) in [7, 11) is 0. The maximum absolute atomic E-state index is 12.5. The van der Waals surface area contributed by atoms with E-state index < -0.39 is 0 Å². The van der Waals surface area contributed by atoms with E-state index in [0.717, 1.165) is 25.3 Å². The fraction of sp³-hybridized carbons (Fsp3) is 0.933. The van der Waals surface area contributed by atoms with Gasteiger partial charge in [-0.15, -0.1) is 0 Å². The Morgan fingerprint density at radius 1 is 1.11 bits per heavy atom. The van der Waals surface area contributed by atoms with E-state index in [9.17, 15) is 4.79 Å². The molecule has 0 aromatic rings. The molecule has 0 aromatic carbocycles. The Labute approximate surface area is 110 Å². The molecule has 1 aliphatic heterocycles. The molecule has 2 unspecified atom stereocenters. The van der Waals surface area contributed by atoms with Crippen molar-refractivity contribution < 1.29 is 4.79 Å². The molecule has 2 atom stereocenters. The molecule has 1 amide bonds. The van der Waals surface area contributed by atoms with Gasteiger partial charge in [-0.05, 0) is 44.4 Å². The van der Waals surface area contributed by atoms with E-state index in [2.05, 4.69) is 4.90 Å². The average molecular weight is 250 g/mol. The molecule has 0 radical (unpaired) electrons. The van der Waals surface area contributed by atoms with Crippen LogP contribution in [0.25, 0.3) is 0 Å². The third kappa shape index (κ3) is 2.29. The van der Waals surface area contributed by atoms with Crippen molar-refractivity contribution >= 4 is 5.91 Å². The van der Waals surface area contributed by atoms with Gasteiger partial charge >= 0.3 is 0 Å². The van der Waals surface area contributed by atoms with E-state index in [1.807, 2.05) is 0 Å². The summed E-state index contributed by atoms with van der Waals surface area (Å²) >= 11 is 0. The SMILES string of the molecule is NC1(CC(=O)N2CCCC3CCCC32)CCCC1. The fourth-order valence-corrected chi connectivity index (χ4v) is 4.42. The molecule has 2 saturated carbocycles. The Kier molecular flexibility index (Phi) is 3.35. The number of carbonyl (C=O) groups is 1. The monoisotopic (exact) mass is 250 g/mol. The number of hydrogen-bond donors (Lipinski definition) is 1. The van der Waals surface area contributed by atoms with Crippen LogP contribution in [0.5, 0.6) is 0 Å². The average Bonchev–Trinajstić information content (AvgIpc) is 2.96. The summed E-state index contributed by atoms with van der Waals surface area (Å²) in [4.78, 5) is 14.7. The minimum absolute atomic E-state index is 0.178. The minimum atomic E-state index is -0.178. The Balaban J connectivity index is 1.64. The first-order valence-electron chi connectivity index (χ1n) is 7.76. The molecule has 3 fully saturated rings. The molecule has 2 N–H and O–H groups in total. The van der Waals surface area contributed by atoms with Gasteiger partial charge in [0.15, 0.2) is 0 Å². The number of likely N-dealkylation sites (tertiary alicyclic amines) is 1. The Morgan fingerprint density at radius 3 is 2.61 bits per heavy atom. The molecule has 0 spiro atoms. The molecule has 3 heteroatoms. The zero-order chi connectivity index (χ0) is 12.6. The molecule has 3 aliphatic rings. The number of hydrogen-bond acceptors (Lipinski definition) is 2. The lowest BCUT2D eigenvalue weighted by Crippen LogP contribution is -2.50. The fourth-order valence-electron chi connectivity index (χ4n) is 4.42. The molecule has 1 saturated heterocycles. The van der Waals surface area contributed by atoms with Gasteiger partial charge in [0, 0.05) is 24.5 Å². The number of amides is 1. The normalized spacial score (nSPS) is 34.6. The van der Waals surface area contributed by atoms with Crippen LogP contribution in [-0.4, -0.2) is 28.9 Å². The van der Waals surface area contributed by atoms with Gasteiger partial charge in [0.1, 0.15) is 0 Å². The highest BCUT2D eigenvalue weighted by molar-refractivity contribution is 5.78. The van der Waals surface area contributed by atoms with Crippen molar-refractivity contribution in [2.24, 2.45) is 11.7 Å². The van der Waals surface area contributed by atoms with Gasteiger partial charge < -0.3 is 10.6 Å². The third-order valence-corrected chi connectivity index (χ3v) is 5.42.